The number of rotatable bonds is 7. The Hall–Kier alpha value is -0.970. The van der Waals surface area contributed by atoms with Crippen molar-refractivity contribution < 1.29 is 0 Å². The predicted octanol–water partition coefficient (Wildman–Crippen LogP) is 3.95. The van der Waals surface area contributed by atoms with E-state index in [1.165, 1.54) is 31.2 Å². The van der Waals surface area contributed by atoms with E-state index in [0.29, 0.717) is 6.04 Å². The van der Waals surface area contributed by atoms with E-state index in [1.54, 1.807) is 6.33 Å². The molecule has 5 heteroatoms. The molecule has 1 aromatic heterocycles. The molecule has 0 spiro atoms. The fraction of sp³-hybridized carbons (Fsp3) is 0.750. The number of nitrogens with one attached hydrogen (secondary N) is 2. The van der Waals surface area contributed by atoms with E-state index in [2.05, 4.69) is 40.7 Å². The van der Waals surface area contributed by atoms with Crippen molar-refractivity contribution in [2.24, 2.45) is 0 Å². The molecule has 0 radical (unpaired) electrons. The number of thioether (sulfide) groups is 1. The van der Waals surface area contributed by atoms with Gasteiger partial charge in [0.15, 0.2) is 0 Å². The van der Waals surface area contributed by atoms with Crippen LogP contribution in [0.25, 0.3) is 0 Å². The van der Waals surface area contributed by atoms with Crippen LogP contribution in [-0.2, 0) is 6.42 Å². The van der Waals surface area contributed by atoms with Gasteiger partial charge in [0.05, 0.1) is 0 Å². The molecule has 0 aromatic carbocycles. The molecule has 2 rings (SSSR count). The first-order chi connectivity index (χ1) is 10.3. The number of anilines is 2. The molecular formula is C16H28N4S. The number of aromatic nitrogens is 2. The third-order valence-electron chi connectivity index (χ3n) is 4.09. The molecule has 0 bridgehead atoms. The van der Waals surface area contributed by atoms with Crippen molar-refractivity contribution in [2.75, 3.05) is 23.4 Å². The molecular weight excluding hydrogens is 280 g/mol. The van der Waals surface area contributed by atoms with Gasteiger partial charge in [-0.1, -0.05) is 19.8 Å². The third kappa shape index (κ3) is 4.50. The standard InChI is InChI=1S/C16H28N4S/c1-4-7-14-15(17-5-2)18-11-19-16(14)20-12-8-6-9-13(10-12)21-3/h11-13H,4-10H2,1-3H3,(H2,17,18,19,20). The van der Waals surface area contributed by atoms with E-state index in [0.717, 1.165) is 36.3 Å². The summed E-state index contributed by atoms with van der Waals surface area (Å²) in [4.78, 5) is 8.92. The Morgan fingerprint density at radius 2 is 2.05 bits per heavy atom. The highest BCUT2D eigenvalue weighted by Crippen LogP contribution is 2.30. The lowest BCUT2D eigenvalue weighted by atomic mass is 9.94. The smallest absolute Gasteiger partial charge is 0.134 e. The van der Waals surface area contributed by atoms with Crippen LogP contribution in [0.1, 0.15) is 51.5 Å². The molecule has 1 saturated carbocycles. The minimum absolute atomic E-state index is 0.552. The summed E-state index contributed by atoms with van der Waals surface area (Å²) in [5.41, 5.74) is 1.24. The zero-order chi connectivity index (χ0) is 15.1. The number of hydrogen-bond acceptors (Lipinski definition) is 5. The second kappa shape index (κ2) is 8.47. The van der Waals surface area contributed by atoms with Crippen LogP contribution in [0.2, 0.25) is 0 Å². The van der Waals surface area contributed by atoms with E-state index in [4.69, 9.17) is 0 Å². The normalized spacial score (nSPS) is 22.0. The van der Waals surface area contributed by atoms with Crippen molar-refractivity contribution in [2.45, 2.75) is 63.7 Å². The Morgan fingerprint density at radius 3 is 2.76 bits per heavy atom. The first-order valence-corrected chi connectivity index (χ1v) is 9.44. The van der Waals surface area contributed by atoms with Crippen LogP contribution in [-0.4, -0.2) is 34.1 Å². The third-order valence-corrected chi connectivity index (χ3v) is 5.18. The molecule has 0 amide bonds. The lowest BCUT2D eigenvalue weighted by molar-refractivity contribution is 0.472. The van der Waals surface area contributed by atoms with Crippen molar-refractivity contribution in [1.29, 1.82) is 0 Å². The number of nitrogens with zero attached hydrogens (tertiary/aromatic N) is 2. The maximum Gasteiger partial charge on any atom is 0.134 e. The van der Waals surface area contributed by atoms with E-state index < -0.39 is 0 Å². The summed E-state index contributed by atoms with van der Waals surface area (Å²) < 4.78 is 0. The SMILES string of the molecule is CCCc1c(NCC)ncnc1NC1CCCC(SC)C1. The minimum atomic E-state index is 0.552. The Morgan fingerprint density at radius 1 is 1.24 bits per heavy atom. The fourth-order valence-corrected chi connectivity index (χ4v) is 3.85. The molecule has 4 nitrogen and oxygen atoms in total. The number of hydrogen-bond donors (Lipinski definition) is 2. The maximum atomic E-state index is 4.52. The molecule has 1 aliphatic rings. The van der Waals surface area contributed by atoms with Gasteiger partial charge in [-0.3, -0.25) is 0 Å². The molecule has 1 aliphatic carbocycles. The average molecular weight is 308 g/mol. The molecule has 1 fully saturated rings. The van der Waals surface area contributed by atoms with Crippen LogP contribution in [0.3, 0.4) is 0 Å². The molecule has 2 N–H and O–H groups in total. The van der Waals surface area contributed by atoms with E-state index in [9.17, 15) is 0 Å². The summed E-state index contributed by atoms with van der Waals surface area (Å²) in [6.45, 7) is 5.21. The molecule has 0 aliphatic heterocycles. The first-order valence-electron chi connectivity index (χ1n) is 8.15. The van der Waals surface area contributed by atoms with Crippen LogP contribution < -0.4 is 10.6 Å². The van der Waals surface area contributed by atoms with Gasteiger partial charge in [0, 0.05) is 23.4 Å². The van der Waals surface area contributed by atoms with E-state index in [-0.39, 0.29) is 0 Å². The lowest BCUT2D eigenvalue weighted by Crippen LogP contribution is -2.29. The van der Waals surface area contributed by atoms with Gasteiger partial charge >= 0.3 is 0 Å². The monoisotopic (exact) mass is 308 g/mol. The Bertz CT molecular complexity index is 438. The summed E-state index contributed by atoms with van der Waals surface area (Å²) in [6, 6.07) is 0.552. The van der Waals surface area contributed by atoms with Crippen LogP contribution in [0.5, 0.6) is 0 Å². The summed E-state index contributed by atoms with van der Waals surface area (Å²) in [5, 5.41) is 7.85. The van der Waals surface area contributed by atoms with Crippen LogP contribution in [0.15, 0.2) is 6.33 Å². The quantitative estimate of drug-likeness (QED) is 0.799. The van der Waals surface area contributed by atoms with E-state index >= 15 is 0 Å². The van der Waals surface area contributed by atoms with Gasteiger partial charge in [0.25, 0.3) is 0 Å². The van der Waals surface area contributed by atoms with Crippen LogP contribution >= 0.6 is 11.8 Å². The largest absolute Gasteiger partial charge is 0.370 e. The van der Waals surface area contributed by atoms with Gasteiger partial charge in [0.2, 0.25) is 0 Å². The molecule has 1 heterocycles. The van der Waals surface area contributed by atoms with Gasteiger partial charge in [-0.05, 0) is 38.9 Å². The van der Waals surface area contributed by atoms with Crippen LogP contribution in [0, 0.1) is 0 Å². The molecule has 118 valence electrons. The van der Waals surface area contributed by atoms with E-state index in [1.807, 2.05) is 11.8 Å². The molecule has 0 saturated heterocycles. The second-order valence-electron chi connectivity index (χ2n) is 5.70. The van der Waals surface area contributed by atoms with Gasteiger partial charge in [-0.15, -0.1) is 0 Å². The molecule has 2 unspecified atom stereocenters. The Kier molecular flexibility index (Phi) is 6.61. The fourth-order valence-electron chi connectivity index (χ4n) is 3.03. The predicted molar refractivity (Wildman–Crippen MR) is 93.4 cm³/mol. The maximum absolute atomic E-state index is 4.52. The van der Waals surface area contributed by atoms with Crippen molar-refractivity contribution >= 4 is 23.4 Å². The first kappa shape index (κ1) is 16.4. The Balaban J connectivity index is 2.12. The van der Waals surface area contributed by atoms with Gasteiger partial charge in [-0.25, -0.2) is 9.97 Å². The van der Waals surface area contributed by atoms with Crippen molar-refractivity contribution in [3.05, 3.63) is 11.9 Å². The highest BCUT2D eigenvalue weighted by molar-refractivity contribution is 7.99. The van der Waals surface area contributed by atoms with Crippen molar-refractivity contribution in [3.8, 4) is 0 Å². The molecule has 1 aromatic rings. The summed E-state index contributed by atoms with van der Waals surface area (Å²) in [7, 11) is 0. The summed E-state index contributed by atoms with van der Waals surface area (Å²) in [6.07, 6.45) is 11.2. The zero-order valence-electron chi connectivity index (χ0n) is 13.5. The zero-order valence-corrected chi connectivity index (χ0v) is 14.3. The molecule has 21 heavy (non-hydrogen) atoms. The van der Waals surface area contributed by atoms with Gasteiger partial charge < -0.3 is 10.6 Å². The summed E-state index contributed by atoms with van der Waals surface area (Å²) in [5.74, 6) is 2.03. The van der Waals surface area contributed by atoms with Crippen LogP contribution in [0.4, 0.5) is 11.6 Å². The van der Waals surface area contributed by atoms with Crippen molar-refractivity contribution in [1.82, 2.24) is 9.97 Å². The average Bonchev–Trinajstić information content (AvgIpc) is 2.51. The second-order valence-corrected chi connectivity index (χ2v) is 6.83. The lowest BCUT2D eigenvalue weighted by Gasteiger charge is -2.29. The van der Waals surface area contributed by atoms with Gasteiger partial charge in [0.1, 0.15) is 18.0 Å². The topological polar surface area (TPSA) is 49.8 Å². The molecule has 2 atom stereocenters. The highest BCUT2D eigenvalue weighted by Gasteiger charge is 2.22. The minimum Gasteiger partial charge on any atom is -0.370 e. The van der Waals surface area contributed by atoms with Crippen molar-refractivity contribution in [3.63, 3.8) is 0 Å². The summed E-state index contributed by atoms with van der Waals surface area (Å²) >= 11 is 2.00. The van der Waals surface area contributed by atoms with Gasteiger partial charge in [-0.2, -0.15) is 11.8 Å². The Labute approximate surface area is 132 Å². The highest BCUT2D eigenvalue weighted by atomic mass is 32.2.